The van der Waals surface area contributed by atoms with Gasteiger partial charge in [-0.1, -0.05) is 0 Å². The van der Waals surface area contributed by atoms with Gasteiger partial charge in [-0.2, -0.15) is 5.26 Å². The fraction of sp³-hybridized carbons (Fsp3) is 0.438. The molecule has 0 amide bonds. The van der Waals surface area contributed by atoms with Crippen LogP contribution in [0.2, 0.25) is 0 Å². The summed E-state index contributed by atoms with van der Waals surface area (Å²) in [5, 5.41) is 22.2. The summed E-state index contributed by atoms with van der Waals surface area (Å²) in [5.74, 6) is 0.189. The Balaban J connectivity index is 1.84. The summed E-state index contributed by atoms with van der Waals surface area (Å²) in [4.78, 5) is 11.1. The van der Waals surface area contributed by atoms with E-state index >= 15 is 0 Å². The van der Waals surface area contributed by atoms with Crippen molar-refractivity contribution < 1.29 is 4.42 Å². The third kappa shape index (κ3) is 3.43. The van der Waals surface area contributed by atoms with Crippen molar-refractivity contribution in [2.24, 2.45) is 5.92 Å². The van der Waals surface area contributed by atoms with Crippen LogP contribution in [0, 0.1) is 17.2 Å². The van der Waals surface area contributed by atoms with Crippen LogP contribution in [-0.4, -0.2) is 29.3 Å². The Morgan fingerprint density at radius 1 is 1.43 bits per heavy atom. The highest BCUT2D eigenvalue weighted by Gasteiger charge is 2.21. The molecule has 7 nitrogen and oxygen atoms in total. The van der Waals surface area contributed by atoms with Gasteiger partial charge in [-0.25, -0.2) is 9.89 Å². The van der Waals surface area contributed by atoms with Gasteiger partial charge in [0.1, 0.15) is 6.07 Å². The van der Waals surface area contributed by atoms with E-state index in [0.717, 1.165) is 31.6 Å². The van der Waals surface area contributed by atoms with Crippen LogP contribution in [0.1, 0.15) is 25.3 Å². The monoisotopic (exact) mass is 313 g/mol. The van der Waals surface area contributed by atoms with Gasteiger partial charge in [0.05, 0.1) is 11.3 Å². The Labute approximate surface area is 133 Å². The van der Waals surface area contributed by atoms with Crippen LogP contribution >= 0.6 is 0 Å². The number of aromatic amines is 1. The highest BCUT2D eigenvalue weighted by Crippen LogP contribution is 2.26. The van der Waals surface area contributed by atoms with Crippen LogP contribution < -0.4 is 16.4 Å². The lowest BCUT2D eigenvalue weighted by molar-refractivity contribution is 0.343. The predicted octanol–water partition coefficient (Wildman–Crippen LogP) is 1.70. The van der Waals surface area contributed by atoms with Gasteiger partial charge in [0.25, 0.3) is 0 Å². The second-order valence-corrected chi connectivity index (χ2v) is 5.81. The molecule has 0 bridgehead atoms. The molecular formula is C16H19N5O2. The van der Waals surface area contributed by atoms with Crippen molar-refractivity contribution in [2.75, 3.05) is 18.4 Å². The van der Waals surface area contributed by atoms with Gasteiger partial charge >= 0.3 is 5.76 Å². The van der Waals surface area contributed by atoms with Gasteiger partial charge in [0.2, 0.25) is 5.89 Å². The van der Waals surface area contributed by atoms with Gasteiger partial charge in [0, 0.05) is 11.6 Å². The fourth-order valence-corrected chi connectivity index (χ4v) is 2.95. The maximum absolute atomic E-state index is 11.1. The van der Waals surface area contributed by atoms with Crippen molar-refractivity contribution in [1.29, 1.82) is 5.26 Å². The molecule has 1 aliphatic heterocycles. The van der Waals surface area contributed by atoms with Crippen molar-refractivity contribution in [2.45, 2.75) is 25.8 Å². The Morgan fingerprint density at radius 3 is 2.87 bits per heavy atom. The van der Waals surface area contributed by atoms with Crippen LogP contribution in [0.3, 0.4) is 0 Å². The molecule has 0 spiro atoms. The molecule has 7 heteroatoms. The van der Waals surface area contributed by atoms with Gasteiger partial charge in [-0.3, -0.25) is 0 Å². The molecule has 0 aliphatic carbocycles. The second-order valence-electron chi connectivity index (χ2n) is 5.81. The van der Waals surface area contributed by atoms with E-state index in [1.165, 1.54) is 0 Å². The Morgan fingerprint density at radius 2 is 2.22 bits per heavy atom. The van der Waals surface area contributed by atoms with Crippen LogP contribution in [0.4, 0.5) is 5.69 Å². The molecule has 1 aromatic heterocycles. The number of hydrogen-bond donors (Lipinski definition) is 3. The first kappa shape index (κ1) is 15.3. The van der Waals surface area contributed by atoms with Crippen LogP contribution in [0.5, 0.6) is 0 Å². The van der Waals surface area contributed by atoms with Gasteiger partial charge in [0.15, 0.2) is 0 Å². The normalized spacial score (nSPS) is 16.7. The smallest absolute Gasteiger partial charge is 0.388 e. The zero-order valence-corrected chi connectivity index (χ0v) is 12.9. The number of nitrogens with zero attached hydrogens (tertiary/aromatic N) is 2. The maximum Gasteiger partial charge on any atom is 0.434 e. The average molecular weight is 313 g/mol. The molecule has 23 heavy (non-hydrogen) atoms. The molecule has 1 fully saturated rings. The largest absolute Gasteiger partial charge is 0.434 e. The summed E-state index contributed by atoms with van der Waals surface area (Å²) in [6.07, 6.45) is 2.23. The first-order valence-electron chi connectivity index (χ1n) is 7.74. The molecule has 1 aromatic carbocycles. The number of hydrogen-bond acceptors (Lipinski definition) is 6. The number of rotatable bonds is 4. The van der Waals surface area contributed by atoms with E-state index in [9.17, 15) is 10.1 Å². The molecule has 1 atom stereocenters. The number of aromatic nitrogens is 2. The van der Waals surface area contributed by atoms with E-state index in [1.54, 1.807) is 18.2 Å². The Bertz CT molecular complexity index is 767. The van der Waals surface area contributed by atoms with E-state index in [-0.39, 0.29) is 11.9 Å². The molecule has 3 rings (SSSR count). The molecule has 2 heterocycles. The van der Waals surface area contributed by atoms with E-state index in [4.69, 9.17) is 4.42 Å². The third-order valence-electron chi connectivity index (χ3n) is 4.30. The number of nitriles is 1. The highest BCUT2D eigenvalue weighted by atomic mass is 16.4. The van der Waals surface area contributed by atoms with Gasteiger partial charge in [-0.05, 0) is 57.0 Å². The first-order valence-corrected chi connectivity index (χ1v) is 7.74. The first-order chi connectivity index (χ1) is 11.2. The van der Waals surface area contributed by atoms with Crippen molar-refractivity contribution in [3.63, 3.8) is 0 Å². The summed E-state index contributed by atoms with van der Waals surface area (Å²) in [6.45, 7) is 4.19. The number of H-pyrrole nitrogens is 1. The minimum atomic E-state index is -0.595. The fourth-order valence-electron chi connectivity index (χ4n) is 2.95. The zero-order valence-electron chi connectivity index (χ0n) is 12.9. The molecule has 1 unspecified atom stereocenters. The lowest BCUT2D eigenvalue weighted by Gasteiger charge is -2.29. The van der Waals surface area contributed by atoms with E-state index < -0.39 is 5.76 Å². The number of nitrogens with one attached hydrogen (secondary N) is 3. The van der Waals surface area contributed by atoms with Crippen molar-refractivity contribution in [3.05, 3.63) is 34.3 Å². The van der Waals surface area contributed by atoms with Crippen molar-refractivity contribution in [3.8, 4) is 17.5 Å². The summed E-state index contributed by atoms with van der Waals surface area (Å²) < 4.78 is 4.98. The molecule has 0 saturated carbocycles. The molecule has 1 aliphatic rings. The van der Waals surface area contributed by atoms with Crippen molar-refractivity contribution >= 4 is 5.69 Å². The highest BCUT2D eigenvalue weighted by molar-refractivity contribution is 5.67. The quantitative estimate of drug-likeness (QED) is 0.793. The third-order valence-corrected chi connectivity index (χ3v) is 4.30. The van der Waals surface area contributed by atoms with E-state index in [0.29, 0.717) is 17.0 Å². The zero-order chi connectivity index (χ0) is 16.2. The Hall–Kier alpha value is -2.59. The van der Waals surface area contributed by atoms with E-state index in [2.05, 4.69) is 33.8 Å². The summed E-state index contributed by atoms with van der Waals surface area (Å²) in [6, 6.07) is 7.68. The SMILES string of the molecule is CC(Nc1cc(-c2n[nH]c(=O)o2)ccc1C#N)C1CCNCC1. The van der Waals surface area contributed by atoms with Gasteiger partial charge in [-0.15, -0.1) is 5.10 Å². The second kappa shape index (κ2) is 6.67. The standard InChI is InChI=1S/C16H19N5O2/c1-10(11-4-6-18-7-5-11)19-14-8-12(2-3-13(14)9-17)15-20-21-16(22)23-15/h2-3,8,10-11,18-19H,4-7H2,1H3,(H,21,22). The van der Waals surface area contributed by atoms with Crippen LogP contribution in [0.25, 0.3) is 11.5 Å². The number of piperidine rings is 1. The molecular weight excluding hydrogens is 294 g/mol. The topological polar surface area (TPSA) is 107 Å². The number of benzene rings is 1. The summed E-state index contributed by atoms with van der Waals surface area (Å²) >= 11 is 0. The number of anilines is 1. The summed E-state index contributed by atoms with van der Waals surface area (Å²) in [7, 11) is 0. The van der Waals surface area contributed by atoms with Crippen LogP contribution in [-0.2, 0) is 0 Å². The lowest BCUT2D eigenvalue weighted by atomic mass is 9.91. The maximum atomic E-state index is 11.1. The Kier molecular flexibility index (Phi) is 4.44. The minimum Gasteiger partial charge on any atom is -0.388 e. The molecule has 0 radical (unpaired) electrons. The molecule has 3 N–H and O–H groups in total. The van der Waals surface area contributed by atoms with E-state index in [1.807, 2.05) is 0 Å². The summed E-state index contributed by atoms with van der Waals surface area (Å²) in [5.41, 5.74) is 1.96. The molecule has 120 valence electrons. The molecule has 1 saturated heterocycles. The molecule has 2 aromatic rings. The van der Waals surface area contributed by atoms with Gasteiger partial charge < -0.3 is 15.1 Å². The minimum absolute atomic E-state index is 0.219. The van der Waals surface area contributed by atoms with Crippen molar-refractivity contribution in [1.82, 2.24) is 15.5 Å². The van der Waals surface area contributed by atoms with Crippen LogP contribution in [0.15, 0.2) is 27.4 Å². The average Bonchev–Trinajstić information content (AvgIpc) is 3.02. The lowest BCUT2D eigenvalue weighted by Crippen LogP contribution is -2.36. The predicted molar refractivity (Wildman–Crippen MR) is 86.0 cm³/mol.